The molecule has 7 aromatic carbocycles. The van der Waals surface area contributed by atoms with Crippen LogP contribution in [0.4, 0.5) is 0 Å². The van der Waals surface area contributed by atoms with E-state index in [4.69, 9.17) is 4.42 Å². The van der Waals surface area contributed by atoms with Crippen molar-refractivity contribution in [2.24, 2.45) is 0 Å². The lowest BCUT2D eigenvalue weighted by molar-refractivity contribution is 0.403. The first-order chi connectivity index (χ1) is 25.3. The summed E-state index contributed by atoms with van der Waals surface area (Å²) in [5.41, 5.74) is 14.8. The SMILES string of the molecule is CC1(C)CC(C)(C)c2c(-n3c4ccccc4c4c(-c5ccc6c(c5)c5ccccc5n6-c5ccc6oc7ccccc7c6c5)cccc43)cccc21. The van der Waals surface area contributed by atoms with Gasteiger partial charge in [-0.05, 0) is 100 Å². The molecule has 3 nitrogen and oxygen atoms in total. The molecule has 0 saturated carbocycles. The molecule has 1 aliphatic carbocycles. The highest BCUT2D eigenvalue weighted by Gasteiger charge is 2.43. The van der Waals surface area contributed by atoms with Crippen LogP contribution in [0.1, 0.15) is 45.2 Å². The molecule has 11 rings (SSSR count). The van der Waals surface area contributed by atoms with Gasteiger partial charge in [-0.1, -0.05) is 113 Å². The van der Waals surface area contributed by atoms with Gasteiger partial charge in [0.1, 0.15) is 11.2 Å². The maximum Gasteiger partial charge on any atom is 0.135 e. The van der Waals surface area contributed by atoms with Gasteiger partial charge in [0.05, 0.1) is 27.8 Å². The van der Waals surface area contributed by atoms with E-state index in [0.717, 1.165) is 34.0 Å². The largest absolute Gasteiger partial charge is 0.456 e. The number of benzene rings is 7. The van der Waals surface area contributed by atoms with E-state index in [9.17, 15) is 0 Å². The van der Waals surface area contributed by atoms with E-state index >= 15 is 0 Å². The molecule has 0 aliphatic heterocycles. The van der Waals surface area contributed by atoms with Crippen molar-refractivity contribution in [3.63, 3.8) is 0 Å². The fourth-order valence-electron chi connectivity index (χ4n) is 10.1. The minimum Gasteiger partial charge on any atom is -0.456 e. The van der Waals surface area contributed by atoms with Gasteiger partial charge >= 0.3 is 0 Å². The Balaban J connectivity index is 1.15. The van der Waals surface area contributed by atoms with Crippen LogP contribution in [0.2, 0.25) is 0 Å². The summed E-state index contributed by atoms with van der Waals surface area (Å²) in [5.74, 6) is 0. The lowest BCUT2D eigenvalue weighted by Crippen LogP contribution is -2.18. The molecule has 10 aromatic rings. The molecular weight excluding hydrogens is 633 g/mol. The van der Waals surface area contributed by atoms with Gasteiger partial charge in [-0.15, -0.1) is 0 Å². The van der Waals surface area contributed by atoms with Gasteiger partial charge in [-0.2, -0.15) is 0 Å². The molecule has 0 spiro atoms. The number of fused-ring (bicyclic) bond motifs is 10. The van der Waals surface area contributed by atoms with E-state index in [1.807, 2.05) is 12.1 Å². The van der Waals surface area contributed by atoms with Crippen LogP contribution >= 0.6 is 0 Å². The van der Waals surface area contributed by atoms with Crippen molar-refractivity contribution in [2.75, 3.05) is 0 Å². The molecule has 0 radical (unpaired) electrons. The third-order valence-electron chi connectivity index (χ3n) is 11.9. The summed E-state index contributed by atoms with van der Waals surface area (Å²) >= 11 is 0. The van der Waals surface area contributed by atoms with Gasteiger partial charge in [0.15, 0.2) is 0 Å². The molecule has 0 fully saturated rings. The van der Waals surface area contributed by atoms with Gasteiger partial charge in [-0.25, -0.2) is 0 Å². The van der Waals surface area contributed by atoms with Crippen molar-refractivity contribution in [3.8, 4) is 22.5 Å². The average molecular weight is 671 g/mol. The standard InChI is InChI=1S/C49H38N2O/c1-48(2)29-49(3,4)47-38(48)17-12-21-43(47)51-40-19-9-6-15-35(40)46-32(16-11-20-42(46)51)30-23-25-41-36(27-30)33-13-5-8-18-39(33)50(41)31-24-26-45-37(28-31)34-14-7-10-22-44(34)52-45/h5-28H,29H2,1-4H3. The predicted octanol–water partition coefficient (Wildman–Crippen LogP) is 13.4. The van der Waals surface area contributed by atoms with Crippen molar-refractivity contribution in [2.45, 2.75) is 44.9 Å². The first kappa shape index (κ1) is 29.6. The van der Waals surface area contributed by atoms with E-state index in [1.54, 1.807) is 0 Å². The first-order valence-electron chi connectivity index (χ1n) is 18.4. The third-order valence-corrected chi connectivity index (χ3v) is 11.9. The second kappa shape index (κ2) is 10.3. The summed E-state index contributed by atoms with van der Waals surface area (Å²) in [5, 5.41) is 7.35. The Bertz CT molecular complexity index is 3110. The highest BCUT2D eigenvalue weighted by atomic mass is 16.3. The van der Waals surface area contributed by atoms with Gasteiger partial charge < -0.3 is 13.6 Å². The lowest BCUT2D eigenvalue weighted by atomic mass is 9.81. The summed E-state index contributed by atoms with van der Waals surface area (Å²) in [4.78, 5) is 0. The number of para-hydroxylation sites is 3. The normalized spacial score (nSPS) is 15.2. The molecule has 3 heterocycles. The molecule has 3 heteroatoms. The Labute approximate surface area is 302 Å². The fraction of sp³-hybridized carbons (Fsp3) is 0.143. The summed E-state index contributed by atoms with van der Waals surface area (Å²) in [6, 6.07) is 53.5. The van der Waals surface area contributed by atoms with Crippen LogP contribution < -0.4 is 0 Å². The van der Waals surface area contributed by atoms with Crippen LogP contribution in [0, 0.1) is 0 Å². The van der Waals surface area contributed by atoms with Crippen LogP contribution in [-0.4, -0.2) is 9.13 Å². The molecule has 0 N–H and O–H groups in total. The first-order valence-corrected chi connectivity index (χ1v) is 18.4. The molecule has 250 valence electrons. The Morgan fingerprint density at radius 3 is 2.00 bits per heavy atom. The van der Waals surface area contributed by atoms with Gasteiger partial charge in [-0.3, -0.25) is 0 Å². The summed E-state index contributed by atoms with van der Waals surface area (Å²) in [7, 11) is 0. The molecule has 0 saturated heterocycles. The summed E-state index contributed by atoms with van der Waals surface area (Å²) in [6.07, 6.45) is 1.13. The molecule has 0 unspecified atom stereocenters. The number of rotatable bonds is 3. The Hall–Kier alpha value is -6.06. The maximum absolute atomic E-state index is 6.19. The van der Waals surface area contributed by atoms with Crippen molar-refractivity contribution in [3.05, 3.63) is 157 Å². The fourth-order valence-corrected chi connectivity index (χ4v) is 10.1. The topological polar surface area (TPSA) is 23.0 Å². The van der Waals surface area contributed by atoms with Crippen LogP contribution in [0.5, 0.6) is 0 Å². The third kappa shape index (κ3) is 3.97. The lowest BCUT2D eigenvalue weighted by Gasteiger charge is -2.24. The molecule has 0 bridgehead atoms. The molecule has 1 aliphatic rings. The minimum atomic E-state index is 0.0687. The zero-order valence-electron chi connectivity index (χ0n) is 29.9. The zero-order chi connectivity index (χ0) is 34.9. The molecule has 0 amide bonds. The van der Waals surface area contributed by atoms with Crippen LogP contribution in [-0.2, 0) is 10.8 Å². The van der Waals surface area contributed by atoms with Crippen molar-refractivity contribution < 1.29 is 4.42 Å². The summed E-state index contributed by atoms with van der Waals surface area (Å²) in [6.45, 7) is 9.65. The molecule has 52 heavy (non-hydrogen) atoms. The van der Waals surface area contributed by atoms with E-state index in [2.05, 4.69) is 170 Å². The highest BCUT2D eigenvalue weighted by molar-refractivity contribution is 6.17. The number of hydrogen-bond donors (Lipinski definition) is 0. The van der Waals surface area contributed by atoms with Crippen LogP contribution in [0.25, 0.3) is 88.1 Å². The predicted molar refractivity (Wildman–Crippen MR) is 219 cm³/mol. The molecule has 0 atom stereocenters. The Morgan fingerprint density at radius 1 is 0.481 bits per heavy atom. The number of hydrogen-bond acceptors (Lipinski definition) is 1. The van der Waals surface area contributed by atoms with E-state index < -0.39 is 0 Å². The minimum absolute atomic E-state index is 0.0687. The van der Waals surface area contributed by atoms with Gasteiger partial charge in [0.25, 0.3) is 0 Å². The zero-order valence-corrected chi connectivity index (χ0v) is 29.9. The number of nitrogens with zero attached hydrogens (tertiary/aromatic N) is 2. The second-order valence-corrected chi connectivity index (χ2v) is 16.1. The quantitative estimate of drug-likeness (QED) is 0.183. The van der Waals surface area contributed by atoms with Crippen LogP contribution in [0.3, 0.4) is 0 Å². The number of aromatic nitrogens is 2. The average Bonchev–Trinajstić information content (AvgIpc) is 3.85. The Morgan fingerprint density at radius 2 is 1.15 bits per heavy atom. The van der Waals surface area contributed by atoms with Crippen LogP contribution in [0.15, 0.2) is 150 Å². The summed E-state index contributed by atoms with van der Waals surface area (Å²) < 4.78 is 11.1. The second-order valence-electron chi connectivity index (χ2n) is 16.1. The van der Waals surface area contributed by atoms with Gasteiger partial charge in [0, 0.05) is 38.0 Å². The van der Waals surface area contributed by atoms with E-state index in [-0.39, 0.29) is 10.8 Å². The van der Waals surface area contributed by atoms with E-state index in [0.29, 0.717) is 0 Å². The molecule has 3 aromatic heterocycles. The highest BCUT2D eigenvalue weighted by Crippen LogP contribution is 2.52. The van der Waals surface area contributed by atoms with Gasteiger partial charge in [0.2, 0.25) is 0 Å². The smallest absolute Gasteiger partial charge is 0.135 e. The monoisotopic (exact) mass is 670 g/mol. The van der Waals surface area contributed by atoms with Crippen molar-refractivity contribution in [1.82, 2.24) is 9.13 Å². The Kier molecular flexibility index (Phi) is 5.85. The van der Waals surface area contributed by atoms with E-state index in [1.165, 1.54) is 71.6 Å². The number of furan rings is 1. The maximum atomic E-state index is 6.19. The van der Waals surface area contributed by atoms with Crippen molar-refractivity contribution in [1.29, 1.82) is 0 Å². The molecular formula is C49H38N2O. The van der Waals surface area contributed by atoms with Crippen molar-refractivity contribution >= 4 is 65.6 Å².